The van der Waals surface area contributed by atoms with Gasteiger partial charge in [0.15, 0.2) is 6.29 Å². The summed E-state index contributed by atoms with van der Waals surface area (Å²) >= 11 is 5.83. The molecule has 5 rings (SSSR count). The quantitative estimate of drug-likeness (QED) is 0.369. The van der Waals surface area contributed by atoms with Crippen molar-refractivity contribution in [2.45, 2.75) is 32.1 Å². The summed E-state index contributed by atoms with van der Waals surface area (Å²) in [5.74, 6) is 0.407. The van der Waals surface area contributed by atoms with Gasteiger partial charge in [0, 0.05) is 36.9 Å². The number of nitrogens with zero attached hydrogens (tertiary/aromatic N) is 5. The lowest BCUT2D eigenvalue weighted by molar-refractivity contribution is -0.137. The number of piperazine rings is 1. The molecule has 39 heavy (non-hydrogen) atoms. The van der Waals surface area contributed by atoms with Crippen LogP contribution in [0.1, 0.15) is 29.9 Å². The summed E-state index contributed by atoms with van der Waals surface area (Å²) in [7, 11) is 0. The second-order valence-electron chi connectivity index (χ2n) is 9.37. The molecule has 2 fully saturated rings. The van der Waals surface area contributed by atoms with Crippen molar-refractivity contribution in [3.8, 4) is 17.1 Å². The third kappa shape index (κ3) is 4.98. The van der Waals surface area contributed by atoms with Crippen LogP contribution < -0.4 is 14.5 Å². The fourth-order valence-electron chi connectivity index (χ4n) is 5.16. The van der Waals surface area contributed by atoms with E-state index in [0.29, 0.717) is 42.3 Å². The molecule has 0 aliphatic carbocycles. The molecule has 2 saturated heterocycles. The summed E-state index contributed by atoms with van der Waals surface area (Å²) in [5.41, 5.74) is 0.763. The highest BCUT2D eigenvalue weighted by atomic mass is 35.5. The Morgan fingerprint density at radius 2 is 1.87 bits per heavy atom. The molecule has 2 aromatic heterocycles. The van der Waals surface area contributed by atoms with Crippen molar-refractivity contribution < 1.29 is 27.5 Å². The molecule has 204 valence electrons. The van der Waals surface area contributed by atoms with Crippen molar-refractivity contribution in [3.05, 3.63) is 64.9 Å². The summed E-state index contributed by atoms with van der Waals surface area (Å²) in [6, 6.07) is 9.41. The first kappa shape index (κ1) is 26.7. The Labute approximate surface area is 228 Å². The van der Waals surface area contributed by atoms with E-state index in [1.165, 1.54) is 12.1 Å². The van der Waals surface area contributed by atoms with Gasteiger partial charge in [-0.1, -0.05) is 11.6 Å². The Kier molecular flexibility index (Phi) is 7.11. The number of carbonyl (C=O) groups is 2. The van der Waals surface area contributed by atoms with Crippen LogP contribution >= 0.6 is 11.6 Å². The number of carbonyl (C=O) groups excluding carboxylic acids is 2. The Morgan fingerprint density at radius 3 is 2.59 bits per heavy atom. The van der Waals surface area contributed by atoms with Crippen LogP contribution in [0.25, 0.3) is 11.3 Å². The van der Waals surface area contributed by atoms with E-state index >= 15 is 0 Å². The van der Waals surface area contributed by atoms with E-state index in [1.807, 2.05) is 18.7 Å². The fraction of sp³-hybridized carbons (Fsp3) is 0.333. The van der Waals surface area contributed by atoms with Crippen LogP contribution in [0.5, 0.6) is 5.88 Å². The van der Waals surface area contributed by atoms with Crippen molar-refractivity contribution in [1.29, 1.82) is 0 Å². The van der Waals surface area contributed by atoms with Gasteiger partial charge in [0.25, 0.3) is 0 Å². The number of fused-ring (bicyclic) bond motifs is 1. The van der Waals surface area contributed by atoms with Crippen LogP contribution in [0.2, 0.25) is 5.02 Å². The first-order valence-electron chi connectivity index (χ1n) is 12.4. The van der Waals surface area contributed by atoms with Gasteiger partial charge in [-0.05, 0) is 56.3 Å². The van der Waals surface area contributed by atoms with Gasteiger partial charge in [0.05, 0.1) is 40.8 Å². The summed E-state index contributed by atoms with van der Waals surface area (Å²) in [5, 5.41) is -0.0627. The minimum Gasteiger partial charge on any atom is -0.477 e. The number of rotatable bonds is 6. The number of benzene rings is 1. The predicted molar refractivity (Wildman–Crippen MR) is 141 cm³/mol. The Hall–Kier alpha value is -3.86. The van der Waals surface area contributed by atoms with E-state index in [2.05, 4.69) is 9.97 Å². The lowest BCUT2D eigenvalue weighted by atomic mass is 10.1. The monoisotopic (exact) mass is 559 g/mol. The summed E-state index contributed by atoms with van der Waals surface area (Å²) in [6.07, 6.45) is -2.39. The van der Waals surface area contributed by atoms with Crippen LogP contribution in [-0.2, 0) is 6.18 Å². The second-order valence-corrected chi connectivity index (χ2v) is 9.80. The molecular weight excluding hydrogens is 535 g/mol. The highest BCUT2D eigenvalue weighted by Crippen LogP contribution is 2.41. The number of pyridine rings is 2. The predicted octanol–water partition coefficient (Wildman–Crippen LogP) is 5.55. The standard InChI is InChI=1S/C27H25ClF3N5O3/c1-3-39-25-19(5-4-10-32-25)21-7-9-24(22(15-37)33-21)34-13-18-14-36(26(38)35(18)12-16(34)2)23-8-6-17(28)11-20(23)27(29,30)31/h4-11,15-16,18H,3,12-14H2,1-2H3/t16-,18+/m1/s1. The zero-order valence-corrected chi connectivity index (χ0v) is 21.9. The van der Waals surface area contributed by atoms with Gasteiger partial charge in [0.1, 0.15) is 5.69 Å². The van der Waals surface area contributed by atoms with E-state index < -0.39 is 23.8 Å². The third-order valence-electron chi connectivity index (χ3n) is 6.92. The van der Waals surface area contributed by atoms with Gasteiger partial charge in [-0.3, -0.25) is 9.69 Å². The van der Waals surface area contributed by atoms with Crippen molar-refractivity contribution in [1.82, 2.24) is 14.9 Å². The van der Waals surface area contributed by atoms with Crippen molar-refractivity contribution in [2.75, 3.05) is 36.0 Å². The number of amides is 2. The van der Waals surface area contributed by atoms with Crippen LogP contribution in [0.3, 0.4) is 0 Å². The van der Waals surface area contributed by atoms with E-state index in [4.69, 9.17) is 16.3 Å². The number of aromatic nitrogens is 2. The number of halogens is 4. The molecule has 1 aromatic carbocycles. The lowest BCUT2D eigenvalue weighted by Crippen LogP contribution is -2.57. The molecule has 0 N–H and O–H groups in total. The molecular formula is C27H25ClF3N5O3. The van der Waals surface area contributed by atoms with E-state index in [-0.39, 0.29) is 35.5 Å². The van der Waals surface area contributed by atoms with Gasteiger partial charge in [-0.15, -0.1) is 0 Å². The van der Waals surface area contributed by atoms with Crippen molar-refractivity contribution >= 4 is 35.3 Å². The average Bonchev–Trinajstić information content (AvgIpc) is 3.23. The number of hydrogen-bond acceptors (Lipinski definition) is 6. The number of ether oxygens (including phenoxy) is 1. The second kappa shape index (κ2) is 10.4. The fourth-order valence-corrected chi connectivity index (χ4v) is 5.34. The van der Waals surface area contributed by atoms with Crippen LogP contribution in [0.4, 0.5) is 29.3 Å². The number of anilines is 2. The largest absolute Gasteiger partial charge is 0.477 e. The highest BCUT2D eigenvalue weighted by Gasteiger charge is 2.46. The van der Waals surface area contributed by atoms with Gasteiger partial charge in [-0.25, -0.2) is 14.8 Å². The zero-order chi connectivity index (χ0) is 27.9. The van der Waals surface area contributed by atoms with Gasteiger partial charge >= 0.3 is 12.2 Å². The number of urea groups is 1. The molecule has 2 atom stereocenters. The number of aldehydes is 1. The molecule has 0 spiro atoms. The molecule has 4 heterocycles. The van der Waals surface area contributed by atoms with E-state index in [0.717, 1.165) is 11.0 Å². The lowest BCUT2D eigenvalue weighted by Gasteiger charge is -2.42. The Balaban J connectivity index is 1.44. The molecule has 0 radical (unpaired) electrons. The Morgan fingerprint density at radius 1 is 1.10 bits per heavy atom. The molecule has 0 bridgehead atoms. The number of alkyl halides is 3. The SMILES string of the molecule is CCOc1ncccc1-c1ccc(N2C[C@H]3CN(c4ccc(Cl)cc4C(F)(F)F)C(=O)N3C[C@H]2C)c(C=O)n1. The Bertz CT molecular complexity index is 1420. The maximum atomic E-state index is 13.8. The van der Waals surface area contributed by atoms with E-state index in [9.17, 15) is 22.8 Å². The van der Waals surface area contributed by atoms with E-state index in [1.54, 1.807) is 35.4 Å². The van der Waals surface area contributed by atoms with Crippen LogP contribution in [0.15, 0.2) is 48.7 Å². The molecule has 3 aromatic rings. The normalized spacial score (nSPS) is 19.3. The van der Waals surface area contributed by atoms with Crippen molar-refractivity contribution in [3.63, 3.8) is 0 Å². The van der Waals surface area contributed by atoms with Crippen LogP contribution in [-0.4, -0.2) is 65.5 Å². The number of hydrogen-bond donors (Lipinski definition) is 0. The smallest absolute Gasteiger partial charge is 0.418 e. The molecule has 0 unspecified atom stereocenters. The maximum Gasteiger partial charge on any atom is 0.418 e. The third-order valence-corrected chi connectivity index (χ3v) is 7.15. The summed E-state index contributed by atoms with van der Waals surface area (Å²) in [6.45, 7) is 4.80. The molecule has 12 heteroatoms. The summed E-state index contributed by atoms with van der Waals surface area (Å²) in [4.78, 5) is 38.9. The molecule has 0 saturated carbocycles. The molecule has 2 aliphatic rings. The van der Waals surface area contributed by atoms with Gasteiger partial charge in [0.2, 0.25) is 5.88 Å². The first-order valence-corrected chi connectivity index (χ1v) is 12.8. The average molecular weight is 560 g/mol. The molecule has 2 amide bonds. The minimum atomic E-state index is -4.68. The van der Waals surface area contributed by atoms with Crippen molar-refractivity contribution in [2.24, 2.45) is 0 Å². The van der Waals surface area contributed by atoms with Gasteiger partial charge in [-0.2, -0.15) is 13.2 Å². The molecule has 2 aliphatic heterocycles. The zero-order valence-electron chi connectivity index (χ0n) is 21.2. The topological polar surface area (TPSA) is 78.9 Å². The van der Waals surface area contributed by atoms with Gasteiger partial charge < -0.3 is 14.5 Å². The minimum absolute atomic E-state index is 0.0576. The molecule has 8 nitrogen and oxygen atoms in total. The first-order chi connectivity index (χ1) is 18.6. The summed E-state index contributed by atoms with van der Waals surface area (Å²) < 4.78 is 46.9. The highest BCUT2D eigenvalue weighted by molar-refractivity contribution is 6.30. The van der Waals surface area contributed by atoms with Crippen LogP contribution in [0, 0.1) is 0 Å². The maximum absolute atomic E-state index is 13.8.